The van der Waals surface area contributed by atoms with Crippen LogP contribution in [0, 0.1) is 0 Å². The van der Waals surface area contributed by atoms with Gasteiger partial charge in [-0.2, -0.15) is 16.9 Å². The van der Waals surface area contributed by atoms with Crippen LogP contribution in [0.3, 0.4) is 0 Å². The molecule has 0 bridgehead atoms. The Balaban J connectivity index is 1.97. The fraction of sp³-hybridized carbons (Fsp3) is 0.500. The molecular formula is C14H18N2O2S2. The summed E-state index contributed by atoms with van der Waals surface area (Å²) >= 11 is 3.68. The summed E-state index contributed by atoms with van der Waals surface area (Å²) < 4.78 is 7.13. The fourth-order valence-corrected chi connectivity index (χ4v) is 4.87. The first-order chi connectivity index (χ1) is 9.74. The zero-order valence-electron chi connectivity index (χ0n) is 11.6. The SMILES string of the molecule is CCn1ncc(OC)c1C(O)c1cc2c(s1)CCSC2. The number of rotatable bonds is 4. The number of aliphatic hydroxyl groups is 1. The van der Waals surface area contributed by atoms with Crippen LogP contribution < -0.4 is 4.74 Å². The first-order valence-electron chi connectivity index (χ1n) is 6.71. The van der Waals surface area contributed by atoms with E-state index in [1.165, 1.54) is 16.2 Å². The van der Waals surface area contributed by atoms with Gasteiger partial charge < -0.3 is 9.84 Å². The van der Waals surface area contributed by atoms with Crippen molar-refractivity contribution in [3.05, 3.63) is 33.3 Å². The number of aliphatic hydroxyl groups excluding tert-OH is 1. The molecule has 3 rings (SSSR count). The third kappa shape index (κ3) is 2.36. The summed E-state index contributed by atoms with van der Waals surface area (Å²) in [6, 6.07) is 2.14. The van der Waals surface area contributed by atoms with E-state index in [0.29, 0.717) is 5.75 Å². The highest BCUT2D eigenvalue weighted by molar-refractivity contribution is 7.98. The zero-order valence-corrected chi connectivity index (χ0v) is 13.3. The number of methoxy groups -OCH3 is 1. The number of hydrogen-bond acceptors (Lipinski definition) is 5. The Morgan fingerprint density at radius 2 is 2.40 bits per heavy atom. The molecule has 0 radical (unpaired) electrons. The molecule has 1 unspecified atom stereocenters. The first kappa shape index (κ1) is 14.0. The second-order valence-corrected chi connectivity index (χ2v) is 6.99. The topological polar surface area (TPSA) is 47.3 Å². The van der Waals surface area contributed by atoms with Crippen LogP contribution in [-0.4, -0.2) is 27.7 Å². The Labute approximate surface area is 126 Å². The molecule has 1 atom stereocenters. The molecule has 0 amide bonds. The molecule has 20 heavy (non-hydrogen) atoms. The third-order valence-corrected chi connectivity index (χ3v) is 5.84. The van der Waals surface area contributed by atoms with Gasteiger partial charge in [0.2, 0.25) is 0 Å². The predicted octanol–water partition coefficient (Wildman–Crippen LogP) is 2.84. The minimum atomic E-state index is -0.659. The maximum atomic E-state index is 10.7. The molecule has 1 N–H and O–H groups in total. The van der Waals surface area contributed by atoms with Crippen LogP contribution in [0.2, 0.25) is 0 Å². The van der Waals surface area contributed by atoms with E-state index in [1.807, 2.05) is 18.7 Å². The van der Waals surface area contributed by atoms with Gasteiger partial charge in [-0.3, -0.25) is 4.68 Å². The first-order valence-corrected chi connectivity index (χ1v) is 8.68. The van der Waals surface area contributed by atoms with Crippen molar-refractivity contribution in [3.8, 4) is 5.75 Å². The van der Waals surface area contributed by atoms with Crippen molar-refractivity contribution < 1.29 is 9.84 Å². The molecule has 0 aromatic carbocycles. The predicted molar refractivity (Wildman–Crippen MR) is 82.7 cm³/mol. The summed E-state index contributed by atoms with van der Waals surface area (Å²) in [6.07, 6.45) is 2.13. The second-order valence-electron chi connectivity index (χ2n) is 4.72. The lowest BCUT2D eigenvalue weighted by Gasteiger charge is -2.12. The number of fused-ring (bicyclic) bond motifs is 1. The molecule has 6 heteroatoms. The highest BCUT2D eigenvalue weighted by Crippen LogP contribution is 2.38. The van der Waals surface area contributed by atoms with Gasteiger partial charge in [-0.25, -0.2) is 0 Å². The average Bonchev–Trinajstić information content (AvgIpc) is 3.09. The van der Waals surface area contributed by atoms with Gasteiger partial charge in [0.25, 0.3) is 0 Å². The minimum absolute atomic E-state index is 0.653. The molecule has 0 saturated carbocycles. The van der Waals surface area contributed by atoms with Gasteiger partial charge in [-0.1, -0.05) is 0 Å². The molecule has 1 aliphatic heterocycles. The van der Waals surface area contributed by atoms with Gasteiger partial charge in [0.05, 0.1) is 13.3 Å². The molecule has 3 heterocycles. The summed E-state index contributed by atoms with van der Waals surface area (Å²) in [5.41, 5.74) is 2.13. The number of nitrogens with zero attached hydrogens (tertiary/aromatic N) is 2. The van der Waals surface area contributed by atoms with Crippen LogP contribution in [0.15, 0.2) is 12.3 Å². The van der Waals surface area contributed by atoms with E-state index < -0.39 is 6.10 Å². The Hall–Kier alpha value is -0.980. The molecular weight excluding hydrogens is 292 g/mol. The van der Waals surface area contributed by atoms with Gasteiger partial charge in [0.15, 0.2) is 5.75 Å². The average molecular weight is 310 g/mol. The maximum absolute atomic E-state index is 10.7. The standard InChI is InChI=1S/C14H18N2O2S2/c1-3-16-13(10(18-2)7-15-16)14(17)12-6-9-8-19-5-4-11(9)20-12/h6-7,14,17H,3-5,8H2,1-2H3. The largest absolute Gasteiger partial charge is 0.493 e. The van der Waals surface area contributed by atoms with Crippen LogP contribution in [0.4, 0.5) is 0 Å². The lowest BCUT2D eigenvalue weighted by atomic mass is 10.1. The van der Waals surface area contributed by atoms with Gasteiger partial charge in [-0.05, 0) is 30.7 Å². The summed E-state index contributed by atoms with van der Waals surface area (Å²) in [4.78, 5) is 2.41. The van der Waals surface area contributed by atoms with Gasteiger partial charge in [0.1, 0.15) is 11.8 Å². The zero-order chi connectivity index (χ0) is 14.1. The number of thioether (sulfide) groups is 1. The highest BCUT2D eigenvalue weighted by atomic mass is 32.2. The van der Waals surface area contributed by atoms with E-state index in [9.17, 15) is 5.11 Å². The van der Waals surface area contributed by atoms with Crippen molar-refractivity contribution >= 4 is 23.1 Å². The summed E-state index contributed by atoms with van der Waals surface area (Å²) in [5.74, 6) is 2.89. The van der Waals surface area contributed by atoms with Gasteiger partial charge in [-0.15, -0.1) is 11.3 Å². The lowest BCUT2D eigenvalue weighted by molar-refractivity contribution is 0.206. The van der Waals surface area contributed by atoms with Crippen LogP contribution in [-0.2, 0) is 18.7 Å². The molecule has 1 aliphatic rings. The Kier molecular flexibility index (Phi) is 4.05. The number of aryl methyl sites for hydroxylation is 2. The van der Waals surface area contributed by atoms with Gasteiger partial charge in [0, 0.05) is 22.1 Å². The highest BCUT2D eigenvalue weighted by Gasteiger charge is 2.24. The molecule has 4 nitrogen and oxygen atoms in total. The number of ether oxygens (including phenoxy) is 1. The Morgan fingerprint density at radius 3 is 3.10 bits per heavy atom. The van der Waals surface area contributed by atoms with Crippen molar-refractivity contribution in [2.75, 3.05) is 12.9 Å². The molecule has 108 valence electrons. The van der Waals surface area contributed by atoms with Crippen molar-refractivity contribution in [1.82, 2.24) is 9.78 Å². The van der Waals surface area contributed by atoms with Crippen molar-refractivity contribution in [3.63, 3.8) is 0 Å². The van der Waals surface area contributed by atoms with E-state index in [1.54, 1.807) is 29.3 Å². The van der Waals surface area contributed by atoms with Crippen molar-refractivity contribution in [1.29, 1.82) is 0 Å². The smallest absolute Gasteiger partial charge is 0.163 e. The summed E-state index contributed by atoms with van der Waals surface area (Å²) in [5, 5.41) is 15.0. The summed E-state index contributed by atoms with van der Waals surface area (Å²) in [7, 11) is 1.61. The van der Waals surface area contributed by atoms with Crippen LogP contribution in [0.5, 0.6) is 5.75 Å². The van der Waals surface area contributed by atoms with Crippen molar-refractivity contribution in [2.24, 2.45) is 0 Å². The van der Waals surface area contributed by atoms with Crippen LogP contribution in [0.1, 0.15) is 34.0 Å². The fourth-order valence-electron chi connectivity index (χ4n) is 2.50. The molecule has 0 fully saturated rings. The lowest BCUT2D eigenvalue weighted by Crippen LogP contribution is -2.09. The van der Waals surface area contributed by atoms with Crippen molar-refractivity contribution in [2.45, 2.75) is 31.7 Å². The summed E-state index contributed by atoms with van der Waals surface area (Å²) in [6.45, 7) is 2.73. The quantitative estimate of drug-likeness (QED) is 0.943. The van der Waals surface area contributed by atoms with Crippen LogP contribution >= 0.6 is 23.1 Å². The monoisotopic (exact) mass is 310 g/mol. The molecule has 0 spiro atoms. The molecule has 2 aromatic heterocycles. The van der Waals surface area contributed by atoms with E-state index in [0.717, 1.165) is 29.3 Å². The maximum Gasteiger partial charge on any atom is 0.163 e. The Morgan fingerprint density at radius 1 is 1.55 bits per heavy atom. The van der Waals surface area contributed by atoms with E-state index >= 15 is 0 Å². The number of aromatic nitrogens is 2. The van der Waals surface area contributed by atoms with Gasteiger partial charge >= 0.3 is 0 Å². The van der Waals surface area contributed by atoms with E-state index in [-0.39, 0.29) is 0 Å². The van der Waals surface area contributed by atoms with Crippen LogP contribution in [0.25, 0.3) is 0 Å². The minimum Gasteiger partial charge on any atom is -0.493 e. The molecule has 0 aliphatic carbocycles. The molecule has 2 aromatic rings. The third-order valence-electron chi connectivity index (χ3n) is 3.54. The number of thiophene rings is 1. The normalized spacial score (nSPS) is 15.9. The van der Waals surface area contributed by atoms with E-state index in [2.05, 4.69) is 11.2 Å². The molecule has 0 saturated heterocycles. The van der Waals surface area contributed by atoms with E-state index in [4.69, 9.17) is 4.74 Å². The number of hydrogen-bond donors (Lipinski definition) is 1. The second kappa shape index (κ2) is 5.79. The Bertz CT molecular complexity index is 561.